The first-order valence-corrected chi connectivity index (χ1v) is 19.9. The van der Waals surface area contributed by atoms with E-state index in [9.17, 15) is 29.4 Å². The van der Waals surface area contributed by atoms with Gasteiger partial charge >= 0.3 is 0 Å². The number of hydrogen-bond acceptors (Lipinski definition) is 10. The van der Waals surface area contributed by atoms with Crippen LogP contribution in [0.5, 0.6) is 23.0 Å². The van der Waals surface area contributed by atoms with Gasteiger partial charge in [-0.2, -0.15) is 10.2 Å². The van der Waals surface area contributed by atoms with Gasteiger partial charge in [0.1, 0.15) is 11.5 Å². The van der Waals surface area contributed by atoms with E-state index in [1.165, 1.54) is 4.68 Å². The standard InChI is InChI=1S/C46H42N6O8/c1-49-26-35(39(28-10-4-2-5-11-28)30-14-8-16-33(53)22-30)52-42(45(49)57)44(38(55)25-48-52)60-34-17-9-15-31(23-34)40(29-12-6-3-7-13-29)36-27-50(32-18-20-59-21-19-32)46(58)41-43(56)37(54)24-47-51(36)41/h2-17,22-25,32,35-36,39-40,53,56H,18-21,26-27H2,1H3. The molecule has 4 unspecified atom stereocenters. The van der Waals surface area contributed by atoms with Crippen molar-refractivity contribution < 1.29 is 29.3 Å². The first-order chi connectivity index (χ1) is 29.2. The van der Waals surface area contributed by atoms with Gasteiger partial charge in [-0.3, -0.25) is 28.5 Å². The third-order valence-corrected chi connectivity index (χ3v) is 11.8. The predicted molar refractivity (Wildman–Crippen MR) is 220 cm³/mol. The van der Waals surface area contributed by atoms with E-state index in [1.54, 1.807) is 57.9 Å². The molecule has 3 aliphatic heterocycles. The van der Waals surface area contributed by atoms with Crippen molar-refractivity contribution in [2.45, 2.75) is 42.8 Å². The first-order valence-electron chi connectivity index (χ1n) is 19.9. The highest BCUT2D eigenvalue weighted by Gasteiger charge is 2.43. The number of ether oxygens (including phenoxy) is 2. The minimum atomic E-state index is -0.750. The van der Waals surface area contributed by atoms with Crippen LogP contribution in [-0.4, -0.2) is 90.8 Å². The molecule has 9 rings (SSSR count). The lowest BCUT2D eigenvalue weighted by Gasteiger charge is -2.43. The zero-order valence-electron chi connectivity index (χ0n) is 32.7. The first kappa shape index (κ1) is 38.5. The van der Waals surface area contributed by atoms with Crippen LogP contribution in [0.2, 0.25) is 0 Å². The molecule has 6 aromatic rings. The van der Waals surface area contributed by atoms with Crippen molar-refractivity contribution in [2.24, 2.45) is 0 Å². The van der Waals surface area contributed by atoms with Crippen LogP contribution in [0.4, 0.5) is 0 Å². The smallest absolute Gasteiger partial charge is 0.276 e. The van der Waals surface area contributed by atoms with Gasteiger partial charge in [0, 0.05) is 51.2 Å². The fourth-order valence-electron chi connectivity index (χ4n) is 9.03. The van der Waals surface area contributed by atoms with Crippen molar-refractivity contribution in [3.63, 3.8) is 0 Å². The third-order valence-electron chi connectivity index (χ3n) is 11.8. The monoisotopic (exact) mass is 806 g/mol. The minimum absolute atomic E-state index is 0.0113. The van der Waals surface area contributed by atoms with Gasteiger partial charge in [0.2, 0.25) is 16.6 Å². The van der Waals surface area contributed by atoms with Crippen LogP contribution in [0.1, 0.15) is 80.0 Å². The number of phenolic OH excluding ortho intramolecular Hbond substituents is 1. The molecule has 2 aromatic heterocycles. The highest BCUT2D eigenvalue weighted by molar-refractivity contribution is 5.96. The van der Waals surface area contributed by atoms with Crippen LogP contribution in [0.25, 0.3) is 0 Å². The lowest BCUT2D eigenvalue weighted by atomic mass is 9.83. The normalized spacial score (nSPS) is 19.0. The number of likely N-dealkylation sites (N-methyl/N-ethyl adjacent to an activating group) is 1. The van der Waals surface area contributed by atoms with Crippen LogP contribution in [0.3, 0.4) is 0 Å². The van der Waals surface area contributed by atoms with E-state index in [-0.39, 0.29) is 53.7 Å². The molecule has 1 fully saturated rings. The molecule has 0 spiro atoms. The zero-order valence-corrected chi connectivity index (χ0v) is 32.7. The topological polar surface area (TPSA) is 169 Å². The van der Waals surface area contributed by atoms with Gasteiger partial charge in [-0.1, -0.05) is 84.9 Å². The van der Waals surface area contributed by atoms with E-state index in [2.05, 4.69) is 10.2 Å². The van der Waals surface area contributed by atoms with Crippen LogP contribution >= 0.6 is 0 Å². The summed E-state index contributed by atoms with van der Waals surface area (Å²) in [6.45, 7) is 1.44. The molecule has 5 heterocycles. The Morgan fingerprint density at radius 2 is 1.22 bits per heavy atom. The Balaban J connectivity index is 1.14. The fourth-order valence-corrected chi connectivity index (χ4v) is 9.03. The Labute approximate surface area is 344 Å². The third kappa shape index (κ3) is 6.98. The molecule has 3 aliphatic rings. The lowest BCUT2D eigenvalue weighted by molar-refractivity contribution is 0.0172. The van der Waals surface area contributed by atoms with Crippen molar-refractivity contribution in [1.29, 1.82) is 0 Å². The molecule has 2 amide bonds. The summed E-state index contributed by atoms with van der Waals surface area (Å²) >= 11 is 0. The summed E-state index contributed by atoms with van der Waals surface area (Å²) in [7, 11) is 1.67. The van der Waals surface area contributed by atoms with Crippen LogP contribution in [0.15, 0.2) is 131 Å². The Morgan fingerprint density at radius 1 is 0.650 bits per heavy atom. The minimum Gasteiger partial charge on any atom is -0.508 e. The maximum atomic E-state index is 14.1. The number of aromatic nitrogens is 4. The Morgan fingerprint density at radius 3 is 1.87 bits per heavy atom. The summed E-state index contributed by atoms with van der Waals surface area (Å²) in [5, 5.41) is 30.6. The number of benzene rings is 4. The molecule has 1 saturated heterocycles. The number of hydrogen-bond donors (Lipinski definition) is 2. The molecule has 14 heteroatoms. The molecule has 2 N–H and O–H groups in total. The Kier molecular flexibility index (Phi) is 10.2. The van der Waals surface area contributed by atoms with Crippen molar-refractivity contribution in [3.8, 4) is 23.0 Å². The van der Waals surface area contributed by atoms with Gasteiger partial charge in [0.25, 0.3) is 11.8 Å². The summed E-state index contributed by atoms with van der Waals surface area (Å²) in [5.74, 6) is -2.27. The quantitative estimate of drug-likeness (QED) is 0.191. The van der Waals surface area contributed by atoms with Gasteiger partial charge in [-0.05, 0) is 59.4 Å². The van der Waals surface area contributed by atoms with Gasteiger partial charge < -0.3 is 29.5 Å². The summed E-state index contributed by atoms with van der Waals surface area (Å²) in [6, 6.07) is 32.3. The van der Waals surface area contributed by atoms with Crippen molar-refractivity contribution in [1.82, 2.24) is 29.4 Å². The van der Waals surface area contributed by atoms with E-state index >= 15 is 0 Å². The highest BCUT2D eigenvalue weighted by atomic mass is 16.5. The second-order valence-corrected chi connectivity index (χ2v) is 15.4. The molecule has 304 valence electrons. The average Bonchev–Trinajstić information content (AvgIpc) is 3.26. The number of phenols is 1. The van der Waals surface area contributed by atoms with Crippen molar-refractivity contribution in [3.05, 3.63) is 176 Å². The molecule has 4 atom stereocenters. The molecule has 4 aromatic carbocycles. The van der Waals surface area contributed by atoms with E-state index in [0.717, 1.165) is 34.6 Å². The molecule has 0 bridgehead atoms. The van der Waals surface area contributed by atoms with E-state index in [1.807, 2.05) is 72.8 Å². The van der Waals surface area contributed by atoms with Crippen molar-refractivity contribution >= 4 is 11.8 Å². The SMILES string of the molecule is CN1CC(C(c2ccccc2)c2cccc(O)c2)n2ncc(=O)c(Oc3cccc(C(c4ccccc4)C4CN(C5CCOCC5)C(=O)c5c(O)c(=O)cnn54)c3)c2C1=O. The molecule has 0 saturated carbocycles. The van der Waals surface area contributed by atoms with Crippen LogP contribution in [0, 0.1) is 0 Å². The Bertz CT molecular complexity index is 2700. The second kappa shape index (κ2) is 15.9. The summed E-state index contributed by atoms with van der Waals surface area (Å²) < 4.78 is 15.1. The van der Waals surface area contributed by atoms with Crippen LogP contribution < -0.4 is 15.6 Å². The number of amides is 2. The largest absolute Gasteiger partial charge is 0.508 e. The summed E-state index contributed by atoms with van der Waals surface area (Å²) in [5.41, 5.74) is 1.81. The second-order valence-electron chi connectivity index (χ2n) is 15.4. The fraction of sp³-hybridized carbons (Fsp3) is 0.261. The summed E-state index contributed by atoms with van der Waals surface area (Å²) in [4.78, 5) is 58.0. The highest BCUT2D eigenvalue weighted by Crippen LogP contribution is 2.43. The van der Waals surface area contributed by atoms with E-state index in [0.29, 0.717) is 26.1 Å². The zero-order chi connectivity index (χ0) is 41.5. The Hall–Kier alpha value is -7.06. The molecule has 0 aliphatic carbocycles. The van der Waals surface area contributed by atoms with E-state index in [4.69, 9.17) is 9.47 Å². The molecular formula is C46H42N6O8. The predicted octanol–water partition coefficient (Wildman–Crippen LogP) is 5.47. The molecule has 0 radical (unpaired) electrons. The lowest BCUT2D eigenvalue weighted by Crippen LogP contribution is -2.52. The molecule has 60 heavy (non-hydrogen) atoms. The molecular weight excluding hydrogens is 765 g/mol. The van der Waals surface area contributed by atoms with E-state index < -0.39 is 46.4 Å². The summed E-state index contributed by atoms with van der Waals surface area (Å²) in [6.07, 6.45) is 3.38. The van der Waals surface area contributed by atoms with Gasteiger partial charge in [0.15, 0.2) is 17.1 Å². The maximum Gasteiger partial charge on any atom is 0.276 e. The van der Waals surface area contributed by atoms with Crippen LogP contribution in [-0.2, 0) is 4.74 Å². The van der Waals surface area contributed by atoms with Crippen molar-refractivity contribution in [2.75, 3.05) is 33.4 Å². The average molecular weight is 807 g/mol. The number of carbonyl (C=O) groups excluding carboxylic acids is 2. The van der Waals surface area contributed by atoms with Gasteiger partial charge in [-0.25, -0.2) is 0 Å². The number of aromatic hydroxyl groups is 2. The number of carbonyl (C=O) groups is 2. The molecule has 14 nitrogen and oxygen atoms in total. The van der Waals surface area contributed by atoms with Gasteiger partial charge in [-0.15, -0.1) is 0 Å². The number of rotatable bonds is 9. The number of fused-ring (bicyclic) bond motifs is 2. The maximum absolute atomic E-state index is 14.1. The van der Waals surface area contributed by atoms with Gasteiger partial charge in [0.05, 0.1) is 24.5 Å². The number of nitrogens with zero attached hydrogens (tertiary/aromatic N) is 6.